The first-order chi connectivity index (χ1) is 60.8. The number of methoxy groups -OCH3 is 1. The normalized spacial score (nSPS) is 50.7. The van der Waals surface area contributed by atoms with Crippen LogP contribution >= 0.6 is 0 Å². The van der Waals surface area contributed by atoms with Crippen LogP contribution in [0.2, 0.25) is 0 Å². The number of aromatic hydroxyl groups is 1. The van der Waals surface area contributed by atoms with Crippen molar-refractivity contribution in [1.29, 1.82) is 0 Å². The zero-order valence-corrected chi connectivity index (χ0v) is 73.2. The minimum absolute atomic E-state index is 0.00105. The summed E-state index contributed by atoms with van der Waals surface area (Å²) in [5, 5.41) is 256. The third kappa shape index (κ3) is 18.9. The fourth-order valence-corrected chi connectivity index (χ4v) is 22.8. The van der Waals surface area contributed by atoms with Gasteiger partial charge >= 0.3 is 11.9 Å². The summed E-state index contributed by atoms with van der Waals surface area (Å²) in [7, 11) is 1.36. The largest absolute Gasteiger partial charge is 0.504 e. The van der Waals surface area contributed by atoms with Gasteiger partial charge in [0.1, 0.15) is 178 Å². The van der Waals surface area contributed by atoms with Crippen molar-refractivity contribution in [3.63, 3.8) is 0 Å². The summed E-state index contributed by atoms with van der Waals surface area (Å²) >= 11 is 0. The van der Waals surface area contributed by atoms with Gasteiger partial charge < -0.3 is 203 Å². The van der Waals surface area contributed by atoms with Crippen molar-refractivity contribution in [3.05, 3.63) is 41.5 Å². The van der Waals surface area contributed by atoms with Crippen LogP contribution in [0.1, 0.15) is 125 Å². The van der Waals surface area contributed by atoms with Crippen LogP contribution in [0.5, 0.6) is 11.5 Å². The molecule has 129 heavy (non-hydrogen) atoms. The average molecular weight is 1850 g/mol. The Morgan fingerprint density at radius 2 is 1.02 bits per heavy atom. The molecule has 0 aromatic heterocycles. The molecule has 14 rings (SSSR count). The lowest BCUT2D eigenvalue weighted by molar-refractivity contribution is -0.386. The monoisotopic (exact) mass is 1850 g/mol. The Labute approximate surface area is 743 Å². The number of phenolic OH excluding ortho intramolecular Hbond substituents is 1. The van der Waals surface area contributed by atoms with Crippen LogP contribution in [0.25, 0.3) is 6.08 Å². The molecule has 5 aliphatic carbocycles. The summed E-state index contributed by atoms with van der Waals surface area (Å²) in [4.78, 5) is 28.1. The first-order valence-electron chi connectivity index (χ1n) is 44.4. The number of rotatable bonds is 25. The topological polar surface area (TPSA) is 666 Å². The molecular formula is C86H132O43. The number of allylic oxidation sites excluding steroid dienone is 2. The van der Waals surface area contributed by atoms with E-state index in [9.17, 15) is 122 Å². The van der Waals surface area contributed by atoms with E-state index in [-0.39, 0.29) is 41.3 Å². The number of aliphatic hydroxyl groups is 22. The standard InChI is InChI=1S/C86H132O43/c1-33-50(93)56(99)62(105)74(117-33)125-68-41(26-87)119-72(65(108)59(68)102)115-30-44-54(97)58(101)64(107)77(123-44)129-80(111)86-22-20-81(3,4)25-37(86)36-12-14-47-82(5)18-17-48(83(6,32-89)46(82)16-19-85(47,8)84(36,7)21-23-86)124-79-71(52(95)39(91)28-114-79)128-78-67(110)70(51(94)34(2)118-78)127-73-61(104)55(98)45(31-116-73)121-75-66(109)60(103)69(42(27-88)120-75)126-76-63(106)57(100)53(96)43(122-76)29-113-49(92)15-11-35-10-13-40(112-9)38(90)24-35/h10-13,15,24,33-34,37,39,41-48,50-79,87-91,93-110H,14,16-23,25-32H2,1-9H3/b15-11+/t33-,34-,37-,39-,41+,42+,43+,44+,45+,46+,47+,48-,50-,51-,52-,53+,54+,55+,56+,57-,58-,59+,60+,61+,62+,63+,64+,65+,66+,67+,68+,69+,70+,71+,72+,73-,74-,75-,76-,77-,78-,79-,82-,83-,84+,85+,86-/m0/s1. The number of benzene rings is 1. The number of carbonyl (C=O) groups is 2. The molecule has 1 aromatic rings. The molecule has 23 N–H and O–H groups in total. The second kappa shape index (κ2) is 39.7. The summed E-state index contributed by atoms with van der Waals surface area (Å²) < 4.78 is 106. The first kappa shape index (κ1) is 101. The van der Waals surface area contributed by atoms with E-state index in [0.717, 1.165) is 11.6 Å². The number of aliphatic hydroxyl groups excluding tert-OH is 22. The summed E-state index contributed by atoms with van der Waals surface area (Å²) in [6.45, 7) is 11.2. The van der Waals surface area contributed by atoms with E-state index in [0.29, 0.717) is 69.8 Å². The highest BCUT2D eigenvalue weighted by Gasteiger charge is 2.72. The molecular weight excluding hydrogens is 1720 g/mol. The van der Waals surface area contributed by atoms with Gasteiger partial charge in [0.15, 0.2) is 55.5 Å². The van der Waals surface area contributed by atoms with Gasteiger partial charge in [-0.2, -0.15) is 0 Å². The van der Waals surface area contributed by atoms with Crippen LogP contribution in [0.15, 0.2) is 35.9 Å². The Bertz CT molecular complexity index is 4000. The van der Waals surface area contributed by atoms with Gasteiger partial charge in [-0.1, -0.05) is 59.3 Å². The zero-order chi connectivity index (χ0) is 93.7. The third-order valence-corrected chi connectivity index (χ3v) is 31.0. The van der Waals surface area contributed by atoms with E-state index in [2.05, 4.69) is 40.7 Å². The van der Waals surface area contributed by atoms with E-state index in [4.69, 9.17) is 85.3 Å². The molecule has 12 fully saturated rings. The van der Waals surface area contributed by atoms with Gasteiger partial charge in [-0.25, -0.2) is 4.79 Å². The maximum Gasteiger partial charge on any atom is 0.330 e. The molecule has 8 heterocycles. The number of ether oxygens (including phenoxy) is 18. The Hall–Kier alpha value is -4.24. The van der Waals surface area contributed by atoms with Crippen molar-refractivity contribution in [2.45, 2.75) is 359 Å². The van der Waals surface area contributed by atoms with Crippen LogP contribution in [-0.4, -0.2) is 422 Å². The van der Waals surface area contributed by atoms with Crippen LogP contribution in [-0.2, 0) is 90.1 Å². The molecule has 13 aliphatic rings. The van der Waals surface area contributed by atoms with Crippen LogP contribution in [0.4, 0.5) is 0 Å². The van der Waals surface area contributed by atoms with Gasteiger partial charge in [-0.15, -0.1) is 0 Å². The fourth-order valence-electron chi connectivity index (χ4n) is 22.8. The van der Waals surface area contributed by atoms with Gasteiger partial charge in [0.2, 0.25) is 6.29 Å². The molecule has 8 aliphatic heterocycles. The smallest absolute Gasteiger partial charge is 0.330 e. The molecule has 0 radical (unpaired) electrons. The van der Waals surface area contributed by atoms with Crippen molar-refractivity contribution in [3.8, 4) is 11.5 Å². The molecule has 0 unspecified atom stereocenters. The minimum Gasteiger partial charge on any atom is -0.504 e. The maximum atomic E-state index is 15.4. The second-order valence-electron chi connectivity index (χ2n) is 39.2. The fraction of sp³-hybridized carbons (Fsp3) is 0.860. The van der Waals surface area contributed by atoms with Crippen molar-refractivity contribution in [1.82, 2.24) is 0 Å². The van der Waals surface area contributed by atoms with Crippen LogP contribution < -0.4 is 4.74 Å². The summed E-state index contributed by atoms with van der Waals surface area (Å²) in [6, 6.07) is 4.31. The second-order valence-corrected chi connectivity index (χ2v) is 39.2. The molecule has 47 atom stereocenters. The van der Waals surface area contributed by atoms with Crippen molar-refractivity contribution in [2.75, 3.05) is 53.4 Å². The van der Waals surface area contributed by atoms with Gasteiger partial charge in [0.05, 0.1) is 70.5 Å². The molecule has 8 saturated heterocycles. The van der Waals surface area contributed by atoms with Crippen molar-refractivity contribution < 1.29 is 212 Å². The van der Waals surface area contributed by atoms with E-state index < -0.39 is 318 Å². The molecule has 1 aromatic carbocycles. The van der Waals surface area contributed by atoms with E-state index in [1.165, 1.54) is 45.2 Å². The van der Waals surface area contributed by atoms with E-state index >= 15 is 4.79 Å². The number of carbonyl (C=O) groups excluding carboxylic acids is 2. The lowest BCUT2D eigenvalue weighted by atomic mass is 9.33. The molecule has 43 heteroatoms. The van der Waals surface area contributed by atoms with Gasteiger partial charge in [0, 0.05) is 11.5 Å². The minimum atomic E-state index is -2.10. The predicted octanol–water partition coefficient (Wildman–Crippen LogP) is -6.45. The predicted molar refractivity (Wildman–Crippen MR) is 427 cm³/mol. The first-order valence-corrected chi connectivity index (χ1v) is 44.4. The number of phenols is 1. The Kier molecular flexibility index (Phi) is 31.0. The Morgan fingerprint density at radius 1 is 0.481 bits per heavy atom. The highest BCUT2D eigenvalue weighted by molar-refractivity contribution is 5.87. The van der Waals surface area contributed by atoms with Crippen LogP contribution in [0.3, 0.4) is 0 Å². The molecule has 0 spiro atoms. The SMILES string of the molecule is COc1ccc(/C=C/C(=O)OC[C@H]2O[C@@H](O[C@H]3[C@H](O)[C@@H](O)[C@H](O[C@@H]4CO[C@@H](O[C@@H]5[C@@H](O)[C@H](C)O[C@@H](O[C@H]6[C@H](O[C@H]7CC[C@@]8(C)[C@@H](CC[C@]9(C)[C@@H]8CC=C8[C@@H]%10CC(C)(C)CC[C@]%10(C(=O)O[C@@H]%10O[C@H](CO[C@@H]%11O[C@H](CO)[C@@H](O[C@@H]%12O[C@@H](C)[C@H](O)[C@@H](O)[C@H]%12O)[C@H](O)[C@H]%11O)[C@@H](O)[C@H](O)[C@H]%10O)CC[C@]89C)[C@]7(C)CO)OC[C@H](O)[C@@H]6O)[C@@H]5O)[C@H](O)[C@@H]4O)O[C@@H]3CO)[C@H](O)[C@@H](O)[C@@H]2O)cc1O. The number of fused-ring (bicyclic) bond motifs is 7. The average Bonchev–Trinajstić information content (AvgIpc) is 0.669. The maximum absolute atomic E-state index is 15.4. The molecule has 734 valence electrons. The molecule has 0 amide bonds. The quantitative estimate of drug-likeness (QED) is 0.0187. The van der Waals surface area contributed by atoms with Gasteiger partial charge in [0.25, 0.3) is 0 Å². The summed E-state index contributed by atoms with van der Waals surface area (Å²) in [5.74, 6) is -2.23. The molecule has 4 saturated carbocycles. The summed E-state index contributed by atoms with van der Waals surface area (Å²) in [5.41, 5.74) is -2.31. The highest BCUT2D eigenvalue weighted by Crippen LogP contribution is 2.76. The van der Waals surface area contributed by atoms with Gasteiger partial charge in [-0.05, 0) is 141 Å². The van der Waals surface area contributed by atoms with Crippen LogP contribution in [0, 0.1) is 50.2 Å². The van der Waals surface area contributed by atoms with Gasteiger partial charge in [-0.3, -0.25) is 4.79 Å². The van der Waals surface area contributed by atoms with Crippen molar-refractivity contribution >= 4 is 18.0 Å². The molecule has 43 nitrogen and oxygen atoms in total. The Balaban J connectivity index is 0.590. The number of hydrogen-bond donors (Lipinski definition) is 23. The number of esters is 2. The van der Waals surface area contributed by atoms with Crippen molar-refractivity contribution in [2.24, 2.45) is 50.2 Å². The lowest BCUT2D eigenvalue weighted by Gasteiger charge is -2.71. The zero-order valence-electron chi connectivity index (χ0n) is 73.2. The van der Waals surface area contributed by atoms with E-state index in [1.807, 2.05) is 6.92 Å². The summed E-state index contributed by atoms with van der Waals surface area (Å²) in [6.07, 6.45) is -57.8. The number of hydrogen-bond acceptors (Lipinski definition) is 43. The lowest BCUT2D eigenvalue weighted by Crippen LogP contribution is -2.67. The molecule has 0 bridgehead atoms. The van der Waals surface area contributed by atoms with E-state index in [1.54, 1.807) is 0 Å². The highest BCUT2D eigenvalue weighted by atomic mass is 16.8. The third-order valence-electron chi connectivity index (χ3n) is 31.0. The Morgan fingerprint density at radius 3 is 1.65 bits per heavy atom.